The molecule has 1 nitrogen and oxygen atoms in total. The van der Waals surface area contributed by atoms with Crippen molar-refractivity contribution in [2.24, 2.45) is 0 Å². The first-order chi connectivity index (χ1) is 2.91. The van der Waals surface area contributed by atoms with Crippen molar-refractivity contribution in [1.29, 1.82) is 0 Å². The molecule has 0 saturated carbocycles. The molecule has 6 heavy (non-hydrogen) atoms. The van der Waals surface area contributed by atoms with Crippen molar-refractivity contribution in [3.63, 3.8) is 0 Å². The second-order valence-corrected chi connectivity index (χ2v) is 1.17. The first-order valence-electron chi connectivity index (χ1n) is 1.86. The van der Waals surface area contributed by atoms with E-state index >= 15 is 0 Å². The van der Waals surface area contributed by atoms with Crippen molar-refractivity contribution in [2.75, 3.05) is 6.54 Å². The van der Waals surface area contributed by atoms with Gasteiger partial charge in [-0.05, 0) is 18.7 Å². The predicted molar refractivity (Wildman–Crippen MR) is 28.7 cm³/mol. The van der Waals surface area contributed by atoms with Crippen LogP contribution < -0.4 is 4.84 Å². The van der Waals surface area contributed by atoms with Gasteiger partial charge in [-0.15, -0.1) is 0 Å². The summed E-state index contributed by atoms with van der Waals surface area (Å²) in [5.74, 6) is 0. The van der Waals surface area contributed by atoms with E-state index in [2.05, 4.69) is 4.84 Å². The van der Waals surface area contributed by atoms with Gasteiger partial charge in [-0.1, -0.05) is 12.2 Å². The molecule has 1 N–H and O–H groups in total. The fraction of sp³-hybridized carbons (Fsp3) is 0.500. The van der Waals surface area contributed by atoms with E-state index in [0.29, 0.717) is 0 Å². The van der Waals surface area contributed by atoms with Crippen LogP contribution in [-0.4, -0.2) is 6.54 Å². The Bertz CT molecular complexity index is 42.8. The Morgan fingerprint density at radius 1 is 1.83 bits per heavy atom. The molecule has 0 amide bonds. The second-order valence-electron chi connectivity index (χ2n) is 0.907. The minimum atomic E-state index is 0.748. The summed E-state index contributed by atoms with van der Waals surface area (Å²) in [5.41, 5.74) is 0. The summed E-state index contributed by atoms with van der Waals surface area (Å²) in [7, 11) is 0. The van der Waals surface area contributed by atoms with Crippen molar-refractivity contribution in [1.82, 2.24) is 4.84 Å². The van der Waals surface area contributed by atoms with Crippen LogP contribution in [-0.2, 0) is 0 Å². The third kappa shape index (κ3) is 3.99. The van der Waals surface area contributed by atoms with Gasteiger partial charge in [0.25, 0.3) is 0 Å². The molecule has 0 aromatic rings. The molecule has 0 saturated heterocycles. The number of allylic oxidation sites excluding steroid dienone is 1. The smallest absolute Gasteiger partial charge is 0.0288 e. The maximum absolute atomic E-state index is 5.08. The Balaban J connectivity index is 2.66. The van der Waals surface area contributed by atoms with Crippen molar-refractivity contribution in [3.05, 3.63) is 12.2 Å². The zero-order valence-corrected chi connectivity index (χ0v) is 4.50. The molecule has 0 unspecified atom stereocenters. The summed E-state index contributed by atoms with van der Waals surface area (Å²) in [4.78, 5) is 2.45. The number of rotatable bonds is 2. The Morgan fingerprint density at radius 3 is 2.67 bits per heavy atom. The molecule has 0 atom stereocenters. The lowest BCUT2D eigenvalue weighted by atomic mass is 10.5. The van der Waals surface area contributed by atoms with Gasteiger partial charge in [-0.3, -0.25) is 0 Å². The molecule has 0 fully saturated rings. The lowest BCUT2D eigenvalue weighted by Gasteiger charge is -1.78. The summed E-state index contributed by atoms with van der Waals surface area (Å²) < 4.78 is 0. The van der Waals surface area contributed by atoms with E-state index in [1.165, 1.54) is 0 Å². The average Bonchev–Trinajstić information content (AvgIpc) is 1.61. The Hall–Kier alpha value is -0.0100. The molecule has 0 aromatic carbocycles. The van der Waals surface area contributed by atoms with E-state index in [-0.39, 0.29) is 0 Å². The van der Waals surface area contributed by atoms with Crippen LogP contribution in [0, 0.1) is 0 Å². The molecule has 0 bridgehead atoms. The zero-order valence-electron chi connectivity index (χ0n) is 3.74. The van der Waals surface area contributed by atoms with Gasteiger partial charge in [-0.25, -0.2) is 4.84 Å². The van der Waals surface area contributed by atoms with E-state index in [9.17, 15) is 0 Å². The van der Waals surface area contributed by atoms with Crippen LogP contribution in [0.15, 0.2) is 12.2 Å². The summed E-state index contributed by atoms with van der Waals surface area (Å²) >= 11 is 5.08. The summed E-state index contributed by atoms with van der Waals surface area (Å²) in [5, 5.41) is 0. The van der Waals surface area contributed by atoms with Gasteiger partial charge in [-0.2, -0.15) is 0 Å². The molecule has 0 spiro atoms. The fourth-order valence-corrected chi connectivity index (χ4v) is 0.251. The molecule has 0 heterocycles. The molecule has 0 aliphatic rings. The molecule has 0 aliphatic carbocycles. The lowest BCUT2D eigenvalue weighted by Crippen LogP contribution is -1.94. The molecule has 0 radical (unpaired) electrons. The SMILES string of the molecule is CC=CCNCl. The van der Waals surface area contributed by atoms with Gasteiger partial charge in [0.05, 0.1) is 0 Å². The highest BCUT2D eigenvalue weighted by atomic mass is 35.5. The average molecular weight is 106 g/mol. The van der Waals surface area contributed by atoms with E-state index < -0.39 is 0 Å². The van der Waals surface area contributed by atoms with Crippen molar-refractivity contribution >= 4 is 11.8 Å². The van der Waals surface area contributed by atoms with Crippen LogP contribution in [0.25, 0.3) is 0 Å². The molecule has 36 valence electrons. The summed E-state index contributed by atoms with van der Waals surface area (Å²) in [6.45, 7) is 2.70. The van der Waals surface area contributed by atoms with Crippen LogP contribution >= 0.6 is 11.8 Å². The fourth-order valence-electron chi connectivity index (χ4n) is 0.162. The third-order valence-electron chi connectivity index (χ3n) is 0.431. The maximum Gasteiger partial charge on any atom is 0.0288 e. The number of halogens is 1. The quantitative estimate of drug-likeness (QED) is 0.413. The van der Waals surface area contributed by atoms with Gasteiger partial charge >= 0.3 is 0 Å². The normalized spacial score (nSPS) is 10.3. The largest absolute Gasteiger partial charge is 0.230 e. The topological polar surface area (TPSA) is 12.0 Å². The van der Waals surface area contributed by atoms with Gasteiger partial charge in [0.2, 0.25) is 0 Å². The Labute approximate surface area is 43.1 Å². The van der Waals surface area contributed by atoms with Gasteiger partial charge < -0.3 is 0 Å². The standard InChI is InChI=1S/C4H8ClN/c1-2-3-4-6-5/h2-3,6H,4H2,1H3. The van der Waals surface area contributed by atoms with Crippen LogP contribution in [0.1, 0.15) is 6.92 Å². The predicted octanol–water partition coefficient (Wildman–Crippen LogP) is 1.31. The van der Waals surface area contributed by atoms with Crippen molar-refractivity contribution in [3.8, 4) is 0 Å². The first-order valence-corrected chi connectivity index (χ1v) is 2.24. The Kier molecular flexibility index (Phi) is 4.98. The number of hydrogen-bond acceptors (Lipinski definition) is 1. The summed E-state index contributed by atoms with van der Waals surface area (Å²) in [6, 6.07) is 0. The van der Waals surface area contributed by atoms with Crippen molar-refractivity contribution < 1.29 is 0 Å². The molecule has 0 aromatic heterocycles. The third-order valence-corrected chi connectivity index (χ3v) is 0.585. The molecular weight excluding hydrogens is 97.5 g/mol. The minimum Gasteiger partial charge on any atom is -0.230 e. The van der Waals surface area contributed by atoms with Crippen LogP contribution in [0.5, 0.6) is 0 Å². The zero-order chi connectivity index (χ0) is 4.83. The van der Waals surface area contributed by atoms with Crippen LogP contribution in [0.4, 0.5) is 0 Å². The number of hydrogen-bond donors (Lipinski definition) is 1. The summed E-state index contributed by atoms with van der Waals surface area (Å²) in [6.07, 6.45) is 3.88. The highest BCUT2D eigenvalue weighted by Crippen LogP contribution is 1.66. The minimum absolute atomic E-state index is 0.748. The van der Waals surface area contributed by atoms with Crippen molar-refractivity contribution in [2.45, 2.75) is 6.92 Å². The monoisotopic (exact) mass is 105 g/mol. The van der Waals surface area contributed by atoms with Crippen LogP contribution in [0.3, 0.4) is 0 Å². The van der Waals surface area contributed by atoms with Gasteiger partial charge in [0.15, 0.2) is 0 Å². The first kappa shape index (κ1) is 5.99. The highest BCUT2D eigenvalue weighted by Gasteiger charge is 1.63. The molecular formula is C4H8ClN. The van der Waals surface area contributed by atoms with E-state index in [4.69, 9.17) is 11.8 Å². The molecule has 2 heteroatoms. The number of nitrogens with one attached hydrogen (secondary N) is 1. The van der Waals surface area contributed by atoms with E-state index in [1.54, 1.807) is 0 Å². The lowest BCUT2D eigenvalue weighted by molar-refractivity contribution is 1.11. The maximum atomic E-state index is 5.08. The Morgan fingerprint density at radius 2 is 2.50 bits per heavy atom. The molecule has 0 rings (SSSR count). The van der Waals surface area contributed by atoms with Gasteiger partial charge in [0, 0.05) is 6.54 Å². The van der Waals surface area contributed by atoms with E-state index in [0.717, 1.165) is 6.54 Å². The molecule has 0 aliphatic heterocycles. The van der Waals surface area contributed by atoms with Crippen LogP contribution in [0.2, 0.25) is 0 Å². The van der Waals surface area contributed by atoms with Gasteiger partial charge in [0.1, 0.15) is 0 Å². The second kappa shape index (κ2) is 4.99. The highest BCUT2D eigenvalue weighted by molar-refractivity contribution is 6.13. The van der Waals surface area contributed by atoms with E-state index in [1.807, 2.05) is 19.1 Å².